The summed E-state index contributed by atoms with van der Waals surface area (Å²) in [4.78, 5) is 16.1. The van der Waals surface area contributed by atoms with E-state index in [-0.39, 0.29) is 13.1 Å². The van der Waals surface area contributed by atoms with Crippen molar-refractivity contribution >= 4 is 11.6 Å². The van der Waals surface area contributed by atoms with Crippen LogP contribution in [0.1, 0.15) is 21.5 Å². The molecular weight excluding hydrogens is 376 g/mol. The van der Waals surface area contributed by atoms with E-state index >= 15 is 0 Å². The Morgan fingerprint density at radius 2 is 1.79 bits per heavy atom. The van der Waals surface area contributed by atoms with Crippen LogP contribution in [0.5, 0.6) is 5.75 Å². The van der Waals surface area contributed by atoms with Gasteiger partial charge in [-0.3, -0.25) is 4.79 Å². The minimum Gasteiger partial charge on any atom is -0.491 e. The summed E-state index contributed by atoms with van der Waals surface area (Å²) in [7, 11) is 0. The third-order valence-electron chi connectivity index (χ3n) is 5.12. The molecule has 2 aliphatic heterocycles. The van der Waals surface area contributed by atoms with E-state index in [2.05, 4.69) is 4.90 Å². The molecule has 0 aliphatic carbocycles. The van der Waals surface area contributed by atoms with E-state index in [0.717, 1.165) is 35.6 Å². The van der Waals surface area contributed by atoms with Crippen molar-refractivity contribution in [2.45, 2.75) is 12.6 Å². The molecule has 0 radical (unpaired) electrons. The summed E-state index contributed by atoms with van der Waals surface area (Å²) < 4.78 is 58.6. The van der Waals surface area contributed by atoms with E-state index in [1.54, 1.807) is 0 Å². The van der Waals surface area contributed by atoms with E-state index in [0.29, 0.717) is 25.8 Å². The molecule has 0 saturated carbocycles. The Bertz CT molecular complexity index is 906. The van der Waals surface area contributed by atoms with E-state index < -0.39 is 29.0 Å². The van der Waals surface area contributed by atoms with Crippen LogP contribution in [0.25, 0.3) is 0 Å². The molecule has 0 atom stereocenters. The number of amides is 1. The Kier molecular flexibility index (Phi) is 4.64. The lowest BCUT2D eigenvalue weighted by Crippen LogP contribution is -2.49. The van der Waals surface area contributed by atoms with Crippen molar-refractivity contribution in [3.8, 4) is 5.75 Å². The van der Waals surface area contributed by atoms with E-state index in [1.165, 1.54) is 4.90 Å². The van der Waals surface area contributed by atoms with E-state index in [4.69, 9.17) is 4.74 Å². The lowest BCUT2D eigenvalue weighted by Gasteiger charge is -2.37. The number of fused-ring (bicyclic) bond motifs is 1. The molecule has 1 fully saturated rings. The molecule has 1 saturated heterocycles. The van der Waals surface area contributed by atoms with Crippen LogP contribution in [0.3, 0.4) is 0 Å². The average Bonchev–Trinajstić information content (AvgIpc) is 3.16. The molecule has 0 N–H and O–H groups in total. The fraction of sp³-hybridized carbons (Fsp3) is 0.350. The fourth-order valence-electron chi connectivity index (χ4n) is 3.71. The minimum atomic E-state index is -4.79. The largest absolute Gasteiger partial charge is 0.491 e. The summed E-state index contributed by atoms with van der Waals surface area (Å²) in [5.41, 5.74) is 0.317. The Balaban J connectivity index is 1.51. The molecule has 2 aromatic carbocycles. The minimum absolute atomic E-state index is 0.275. The van der Waals surface area contributed by atoms with Crippen LogP contribution >= 0.6 is 0 Å². The summed E-state index contributed by atoms with van der Waals surface area (Å²) in [6, 6.07) is 8.07. The van der Waals surface area contributed by atoms with Crippen molar-refractivity contribution in [2.75, 3.05) is 37.7 Å². The van der Waals surface area contributed by atoms with Crippen LogP contribution in [0.4, 0.5) is 23.2 Å². The van der Waals surface area contributed by atoms with Gasteiger partial charge >= 0.3 is 6.18 Å². The third-order valence-corrected chi connectivity index (χ3v) is 5.12. The standard InChI is InChI=1S/C20H18F4N2O2/c21-14-4-5-15(16(12-14)20(22,23)24)19(27)26-9-7-25(8-10-26)17-3-1-2-13-6-11-28-18(13)17/h1-5,12H,6-11H2. The van der Waals surface area contributed by atoms with Gasteiger partial charge in [-0.15, -0.1) is 0 Å². The van der Waals surface area contributed by atoms with Crippen LogP contribution in [-0.2, 0) is 12.6 Å². The highest BCUT2D eigenvalue weighted by atomic mass is 19.4. The first-order valence-electron chi connectivity index (χ1n) is 9.00. The Hall–Kier alpha value is -2.77. The van der Waals surface area contributed by atoms with Gasteiger partial charge in [0.25, 0.3) is 5.91 Å². The maximum atomic E-state index is 13.3. The number of hydrogen-bond acceptors (Lipinski definition) is 3. The summed E-state index contributed by atoms with van der Waals surface area (Å²) in [6.45, 7) is 2.14. The highest BCUT2D eigenvalue weighted by Crippen LogP contribution is 2.37. The number of hydrogen-bond donors (Lipinski definition) is 0. The number of carbonyl (C=O) groups excluding carboxylic acids is 1. The number of rotatable bonds is 2. The predicted octanol–water partition coefficient (Wildman–Crippen LogP) is 3.74. The monoisotopic (exact) mass is 394 g/mol. The van der Waals surface area contributed by atoms with Crippen LogP contribution in [0.15, 0.2) is 36.4 Å². The summed E-state index contributed by atoms with van der Waals surface area (Å²) in [5, 5.41) is 0. The number of piperazine rings is 1. The van der Waals surface area contributed by atoms with Gasteiger partial charge in [0.05, 0.1) is 23.4 Å². The molecule has 2 aromatic rings. The van der Waals surface area contributed by atoms with Crippen LogP contribution in [0, 0.1) is 5.82 Å². The first kappa shape index (κ1) is 18.6. The third kappa shape index (κ3) is 3.39. The summed E-state index contributed by atoms with van der Waals surface area (Å²) >= 11 is 0. The Labute approximate surface area is 159 Å². The van der Waals surface area contributed by atoms with Crippen molar-refractivity contribution in [1.82, 2.24) is 4.90 Å². The van der Waals surface area contributed by atoms with E-state index in [9.17, 15) is 22.4 Å². The first-order valence-corrected chi connectivity index (χ1v) is 9.00. The predicted molar refractivity (Wildman–Crippen MR) is 95.2 cm³/mol. The average molecular weight is 394 g/mol. The topological polar surface area (TPSA) is 32.8 Å². The number of anilines is 1. The lowest BCUT2D eigenvalue weighted by atomic mass is 10.0. The number of carbonyl (C=O) groups is 1. The molecule has 2 aliphatic rings. The van der Waals surface area contributed by atoms with Gasteiger partial charge in [0, 0.05) is 32.6 Å². The normalized spacial score (nSPS) is 16.7. The van der Waals surface area contributed by atoms with Crippen molar-refractivity contribution in [3.05, 3.63) is 58.9 Å². The Morgan fingerprint density at radius 3 is 2.50 bits per heavy atom. The van der Waals surface area contributed by atoms with Gasteiger partial charge in [0.2, 0.25) is 0 Å². The molecular formula is C20H18F4N2O2. The van der Waals surface area contributed by atoms with Crippen molar-refractivity contribution in [3.63, 3.8) is 0 Å². The Morgan fingerprint density at radius 1 is 1.04 bits per heavy atom. The molecule has 148 valence electrons. The molecule has 8 heteroatoms. The van der Waals surface area contributed by atoms with Gasteiger partial charge in [0.15, 0.2) is 0 Å². The molecule has 4 rings (SSSR count). The quantitative estimate of drug-likeness (QED) is 0.728. The van der Waals surface area contributed by atoms with Crippen LogP contribution in [0.2, 0.25) is 0 Å². The van der Waals surface area contributed by atoms with Crippen molar-refractivity contribution in [1.29, 1.82) is 0 Å². The maximum absolute atomic E-state index is 13.3. The molecule has 28 heavy (non-hydrogen) atoms. The van der Waals surface area contributed by atoms with Gasteiger partial charge in [-0.2, -0.15) is 13.2 Å². The van der Waals surface area contributed by atoms with Gasteiger partial charge in [-0.25, -0.2) is 4.39 Å². The fourth-order valence-corrected chi connectivity index (χ4v) is 3.71. The zero-order valence-corrected chi connectivity index (χ0v) is 14.9. The first-order chi connectivity index (χ1) is 13.3. The maximum Gasteiger partial charge on any atom is 0.417 e. The summed E-state index contributed by atoms with van der Waals surface area (Å²) in [5.74, 6) is -0.909. The zero-order valence-electron chi connectivity index (χ0n) is 14.9. The second-order valence-electron chi connectivity index (χ2n) is 6.83. The number of nitrogens with zero attached hydrogens (tertiary/aromatic N) is 2. The summed E-state index contributed by atoms with van der Waals surface area (Å²) in [6.07, 6.45) is -3.94. The van der Waals surface area contributed by atoms with Gasteiger partial charge in [-0.05, 0) is 29.8 Å². The highest BCUT2D eigenvalue weighted by Gasteiger charge is 2.37. The molecule has 2 heterocycles. The number of ether oxygens (including phenoxy) is 1. The molecule has 1 amide bonds. The number of halogens is 4. The van der Waals surface area contributed by atoms with Crippen LogP contribution < -0.4 is 9.64 Å². The molecule has 0 spiro atoms. The smallest absolute Gasteiger partial charge is 0.417 e. The second-order valence-corrected chi connectivity index (χ2v) is 6.83. The second kappa shape index (κ2) is 7.00. The zero-order chi connectivity index (χ0) is 19.9. The number of benzene rings is 2. The molecule has 0 unspecified atom stereocenters. The highest BCUT2D eigenvalue weighted by molar-refractivity contribution is 5.96. The van der Waals surface area contributed by atoms with Crippen molar-refractivity contribution < 1.29 is 27.1 Å². The van der Waals surface area contributed by atoms with Crippen LogP contribution in [-0.4, -0.2) is 43.6 Å². The molecule has 0 aromatic heterocycles. The van der Waals surface area contributed by atoms with Gasteiger partial charge in [0.1, 0.15) is 11.6 Å². The van der Waals surface area contributed by atoms with Gasteiger partial charge in [-0.1, -0.05) is 12.1 Å². The molecule has 0 bridgehead atoms. The van der Waals surface area contributed by atoms with Gasteiger partial charge < -0.3 is 14.5 Å². The number of para-hydroxylation sites is 1. The van der Waals surface area contributed by atoms with Crippen molar-refractivity contribution in [2.24, 2.45) is 0 Å². The van der Waals surface area contributed by atoms with E-state index in [1.807, 2.05) is 18.2 Å². The number of alkyl halides is 3. The molecule has 4 nitrogen and oxygen atoms in total. The lowest BCUT2D eigenvalue weighted by molar-refractivity contribution is -0.138. The SMILES string of the molecule is O=C(c1ccc(F)cc1C(F)(F)F)N1CCN(c2cccc3c2OCC3)CC1.